The Balaban J connectivity index is 2.05. The Bertz CT molecular complexity index is 604. The molecular weight excluding hydrogens is 242 g/mol. The van der Waals surface area contributed by atoms with E-state index in [0.29, 0.717) is 4.90 Å². The van der Waals surface area contributed by atoms with Crippen LogP contribution in [-0.4, -0.2) is 4.21 Å². The molecule has 0 aromatic heterocycles. The number of aryl methyl sites for hydroxylation is 1. The van der Waals surface area contributed by atoms with Crippen molar-refractivity contribution in [2.24, 2.45) is 5.14 Å². The molecule has 0 fully saturated rings. The summed E-state index contributed by atoms with van der Waals surface area (Å²) >= 11 is 0. The third-order valence-electron chi connectivity index (χ3n) is 3.54. The van der Waals surface area contributed by atoms with E-state index in [4.69, 9.17) is 5.14 Å². The Hall–Kier alpha value is -1.45. The van der Waals surface area contributed by atoms with E-state index in [0.717, 1.165) is 6.42 Å². The van der Waals surface area contributed by atoms with Gasteiger partial charge in [-0.3, -0.25) is 0 Å². The molecule has 0 bridgehead atoms. The smallest absolute Gasteiger partial charge is 0.122 e. The summed E-state index contributed by atoms with van der Waals surface area (Å²) in [5.74, 6) is 0. The second-order valence-corrected chi connectivity index (χ2v) is 5.68. The van der Waals surface area contributed by atoms with Gasteiger partial charge in [0.05, 0.1) is 4.90 Å². The molecule has 0 heterocycles. The molecule has 3 rings (SSSR count). The first-order chi connectivity index (χ1) is 8.75. The normalized spacial score (nSPS) is 15.4. The second-order valence-electron chi connectivity index (χ2n) is 4.62. The molecule has 2 nitrogen and oxygen atoms in total. The van der Waals surface area contributed by atoms with E-state index in [1.807, 2.05) is 24.3 Å². The minimum Gasteiger partial charge on any atom is -0.248 e. The standard InChI is InChI=1S/C15H15NOS/c16-18(17)13-9-7-12(8-10-13)15-6-2-4-11-3-1-5-14(11)15/h2,4,6-10H,1,3,5,16H2. The third-order valence-corrected chi connectivity index (χ3v) is 4.28. The quantitative estimate of drug-likeness (QED) is 0.883. The zero-order valence-corrected chi connectivity index (χ0v) is 10.9. The maximum absolute atomic E-state index is 11.2. The van der Waals surface area contributed by atoms with Crippen LogP contribution in [0.25, 0.3) is 11.1 Å². The average Bonchev–Trinajstić information content (AvgIpc) is 2.87. The molecule has 2 aromatic rings. The van der Waals surface area contributed by atoms with Crippen LogP contribution in [0.5, 0.6) is 0 Å². The maximum Gasteiger partial charge on any atom is 0.122 e. The molecule has 1 aliphatic carbocycles. The first-order valence-corrected chi connectivity index (χ1v) is 7.34. The number of benzene rings is 2. The molecule has 0 aliphatic heterocycles. The van der Waals surface area contributed by atoms with Crippen LogP contribution in [0.3, 0.4) is 0 Å². The van der Waals surface area contributed by atoms with E-state index in [-0.39, 0.29) is 0 Å². The first-order valence-electron chi connectivity index (χ1n) is 6.13. The van der Waals surface area contributed by atoms with Gasteiger partial charge in [-0.05, 0) is 53.6 Å². The molecule has 1 atom stereocenters. The van der Waals surface area contributed by atoms with Crippen molar-refractivity contribution in [2.75, 3.05) is 0 Å². The number of hydrogen-bond acceptors (Lipinski definition) is 1. The van der Waals surface area contributed by atoms with Gasteiger partial charge in [-0.15, -0.1) is 0 Å². The van der Waals surface area contributed by atoms with E-state index < -0.39 is 11.0 Å². The van der Waals surface area contributed by atoms with Crippen LogP contribution in [0.2, 0.25) is 0 Å². The van der Waals surface area contributed by atoms with Crippen molar-refractivity contribution < 1.29 is 4.21 Å². The molecule has 0 spiro atoms. The summed E-state index contributed by atoms with van der Waals surface area (Å²) in [5, 5.41) is 5.36. The van der Waals surface area contributed by atoms with E-state index in [1.165, 1.54) is 35.1 Å². The predicted molar refractivity (Wildman–Crippen MR) is 74.5 cm³/mol. The lowest BCUT2D eigenvalue weighted by Crippen LogP contribution is -2.02. The highest BCUT2D eigenvalue weighted by atomic mass is 32.2. The number of nitrogens with two attached hydrogens (primary N) is 1. The summed E-state index contributed by atoms with van der Waals surface area (Å²) in [6.45, 7) is 0. The van der Waals surface area contributed by atoms with Gasteiger partial charge in [-0.25, -0.2) is 9.35 Å². The van der Waals surface area contributed by atoms with Crippen molar-refractivity contribution in [3.8, 4) is 11.1 Å². The number of hydrogen-bond donors (Lipinski definition) is 1. The number of rotatable bonds is 2. The van der Waals surface area contributed by atoms with Crippen molar-refractivity contribution in [1.82, 2.24) is 0 Å². The summed E-state index contributed by atoms with van der Waals surface area (Å²) in [6, 6.07) is 14.2. The van der Waals surface area contributed by atoms with Crippen LogP contribution in [0.1, 0.15) is 17.5 Å². The van der Waals surface area contributed by atoms with Crippen LogP contribution in [-0.2, 0) is 23.8 Å². The number of fused-ring (bicyclic) bond motifs is 1. The summed E-state index contributed by atoms with van der Waals surface area (Å²) in [6.07, 6.45) is 3.60. The highest BCUT2D eigenvalue weighted by Gasteiger charge is 2.15. The molecule has 0 saturated carbocycles. The highest BCUT2D eigenvalue weighted by molar-refractivity contribution is 7.82. The van der Waals surface area contributed by atoms with Gasteiger partial charge >= 0.3 is 0 Å². The Kier molecular flexibility index (Phi) is 3.02. The van der Waals surface area contributed by atoms with Crippen LogP contribution in [0, 0.1) is 0 Å². The van der Waals surface area contributed by atoms with Crippen LogP contribution in [0.15, 0.2) is 47.4 Å². The molecule has 2 N–H and O–H groups in total. The van der Waals surface area contributed by atoms with Gasteiger partial charge in [-0.1, -0.05) is 30.3 Å². The van der Waals surface area contributed by atoms with Gasteiger partial charge in [-0.2, -0.15) is 0 Å². The summed E-state index contributed by atoms with van der Waals surface area (Å²) in [4.78, 5) is 0.673. The third kappa shape index (κ3) is 2.00. The lowest BCUT2D eigenvalue weighted by atomic mass is 9.97. The molecule has 0 radical (unpaired) electrons. The van der Waals surface area contributed by atoms with Gasteiger partial charge in [0.2, 0.25) is 0 Å². The van der Waals surface area contributed by atoms with Crippen molar-refractivity contribution >= 4 is 11.0 Å². The second kappa shape index (κ2) is 4.67. The average molecular weight is 257 g/mol. The largest absolute Gasteiger partial charge is 0.248 e. The zero-order chi connectivity index (χ0) is 12.5. The molecule has 92 valence electrons. The van der Waals surface area contributed by atoms with E-state index >= 15 is 0 Å². The molecule has 18 heavy (non-hydrogen) atoms. The van der Waals surface area contributed by atoms with Crippen molar-refractivity contribution in [2.45, 2.75) is 24.2 Å². The summed E-state index contributed by atoms with van der Waals surface area (Å²) < 4.78 is 11.2. The van der Waals surface area contributed by atoms with E-state index in [9.17, 15) is 4.21 Å². The van der Waals surface area contributed by atoms with Gasteiger partial charge in [0, 0.05) is 0 Å². The highest BCUT2D eigenvalue weighted by Crippen LogP contribution is 2.32. The van der Waals surface area contributed by atoms with Crippen LogP contribution >= 0.6 is 0 Å². The molecule has 1 unspecified atom stereocenters. The van der Waals surface area contributed by atoms with E-state index in [2.05, 4.69) is 18.2 Å². The zero-order valence-electron chi connectivity index (χ0n) is 10.1. The van der Waals surface area contributed by atoms with Crippen molar-refractivity contribution in [1.29, 1.82) is 0 Å². The molecule has 1 aliphatic rings. The monoisotopic (exact) mass is 257 g/mol. The Morgan fingerprint density at radius 3 is 2.50 bits per heavy atom. The van der Waals surface area contributed by atoms with Gasteiger partial charge in [0.25, 0.3) is 0 Å². The van der Waals surface area contributed by atoms with Gasteiger partial charge < -0.3 is 0 Å². The summed E-state index contributed by atoms with van der Waals surface area (Å²) in [7, 11) is -1.39. The molecular formula is C15H15NOS. The first kappa shape index (κ1) is 11.6. The van der Waals surface area contributed by atoms with E-state index in [1.54, 1.807) is 0 Å². The molecule has 0 amide bonds. The molecule has 2 aromatic carbocycles. The Morgan fingerprint density at radius 2 is 1.78 bits per heavy atom. The fourth-order valence-electron chi connectivity index (χ4n) is 2.66. The predicted octanol–water partition coefficient (Wildman–Crippen LogP) is 2.82. The fraction of sp³-hybridized carbons (Fsp3) is 0.200. The minimum atomic E-state index is -1.39. The van der Waals surface area contributed by atoms with Gasteiger partial charge in [0.1, 0.15) is 11.0 Å². The van der Waals surface area contributed by atoms with Crippen molar-refractivity contribution in [3.63, 3.8) is 0 Å². The Morgan fingerprint density at radius 1 is 1.00 bits per heavy atom. The maximum atomic E-state index is 11.2. The molecule has 0 saturated heterocycles. The molecule has 3 heteroatoms. The SMILES string of the molecule is NS(=O)c1ccc(-c2cccc3c2CCC3)cc1. The fourth-order valence-corrected chi connectivity index (χ4v) is 3.06. The van der Waals surface area contributed by atoms with Gasteiger partial charge in [0.15, 0.2) is 0 Å². The van der Waals surface area contributed by atoms with Crippen molar-refractivity contribution in [3.05, 3.63) is 53.6 Å². The van der Waals surface area contributed by atoms with Crippen LogP contribution < -0.4 is 5.14 Å². The summed E-state index contributed by atoms with van der Waals surface area (Å²) in [5.41, 5.74) is 5.43. The Labute approximate surface area is 109 Å². The topological polar surface area (TPSA) is 43.1 Å². The lowest BCUT2D eigenvalue weighted by Gasteiger charge is -2.09. The lowest BCUT2D eigenvalue weighted by molar-refractivity contribution is 0.684. The van der Waals surface area contributed by atoms with Crippen LogP contribution in [0.4, 0.5) is 0 Å². The minimum absolute atomic E-state index is 0.673.